The molecule has 9 nitrogen and oxygen atoms in total. The van der Waals surface area contributed by atoms with Crippen LogP contribution in [0.1, 0.15) is 12.8 Å². The molecule has 0 spiro atoms. The minimum absolute atomic E-state index is 0.0360. The van der Waals surface area contributed by atoms with Gasteiger partial charge in [-0.3, -0.25) is 10.1 Å². The van der Waals surface area contributed by atoms with Gasteiger partial charge in [-0.25, -0.2) is 15.8 Å². The molecule has 0 saturated heterocycles. The molecule has 0 atom stereocenters. The maximum Gasteiger partial charge on any atom is 0.354 e. The molecular formula is C9H14N6O3. The quantitative estimate of drug-likeness (QED) is 0.323. The zero-order valence-electron chi connectivity index (χ0n) is 9.54. The van der Waals surface area contributed by atoms with Crippen molar-refractivity contribution in [1.29, 1.82) is 0 Å². The first-order valence-electron chi connectivity index (χ1n) is 5.49. The van der Waals surface area contributed by atoms with Crippen molar-refractivity contribution in [2.24, 2.45) is 11.8 Å². The summed E-state index contributed by atoms with van der Waals surface area (Å²) in [5.74, 6) is 5.57. The molecule has 0 aromatic carbocycles. The predicted molar refractivity (Wildman–Crippen MR) is 63.7 cm³/mol. The summed E-state index contributed by atoms with van der Waals surface area (Å²) in [5, 5.41) is 23.0. The fourth-order valence-corrected chi connectivity index (χ4v) is 1.89. The molecule has 1 aliphatic rings. The predicted octanol–water partition coefficient (Wildman–Crippen LogP) is -0.147. The van der Waals surface area contributed by atoms with E-state index in [2.05, 4.69) is 20.7 Å². The number of hydrogen-bond acceptors (Lipinski definition) is 8. The van der Waals surface area contributed by atoms with Crippen LogP contribution in [-0.2, 0) is 0 Å². The highest BCUT2D eigenvalue weighted by Crippen LogP contribution is 2.31. The van der Waals surface area contributed by atoms with Crippen LogP contribution in [0.4, 0.5) is 17.3 Å². The number of hydrazine groups is 1. The minimum atomic E-state index is -0.590. The van der Waals surface area contributed by atoms with Crippen molar-refractivity contribution in [3.63, 3.8) is 0 Å². The van der Waals surface area contributed by atoms with Gasteiger partial charge in [0.2, 0.25) is 11.6 Å². The molecule has 0 bridgehead atoms. The number of rotatable bonds is 5. The standard InChI is InChI=1S/C9H14N6O3/c10-14-9-7(15(17)18)8(12-4-13-9)11-3-5-1-6(16)2-5/h4-6,16H,1-3,10H2,(H2,11,12,13,14). The number of nitrogens with two attached hydrogens (primary N) is 1. The Morgan fingerprint density at radius 3 is 2.72 bits per heavy atom. The lowest BCUT2D eigenvalue weighted by atomic mass is 9.82. The van der Waals surface area contributed by atoms with Crippen LogP contribution in [-0.4, -0.2) is 32.6 Å². The SMILES string of the molecule is NNc1ncnc(NCC2CC(O)C2)c1[N+](=O)[O-]. The molecule has 1 aromatic heterocycles. The highest BCUT2D eigenvalue weighted by atomic mass is 16.6. The van der Waals surface area contributed by atoms with E-state index in [9.17, 15) is 10.1 Å². The molecule has 0 aliphatic heterocycles. The van der Waals surface area contributed by atoms with E-state index in [1.807, 2.05) is 0 Å². The molecule has 5 N–H and O–H groups in total. The number of aromatic nitrogens is 2. The van der Waals surface area contributed by atoms with Gasteiger partial charge in [0.1, 0.15) is 6.33 Å². The Bertz CT molecular complexity index is 448. The molecule has 1 aromatic rings. The molecule has 98 valence electrons. The summed E-state index contributed by atoms with van der Waals surface area (Å²) < 4.78 is 0. The normalized spacial score (nSPS) is 22.1. The third-order valence-electron chi connectivity index (χ3n) is 2.91. The van der Waals surface area contributed by atoms with Crippen LogP contribution in [0.3, 0.4) is 0 Å². The molecule has 1 aliphatic carbocycles. The van der Waals surface area contributed by atoms with E-state index in [1.54, 1.807) is 0 Å². The van der Waals surface area contributed by atoms with Crippen molar-refractivity contribution < 1.29 is 10.0 Å². The molecule has 9 heteroatoms. The lowest BCUT2D eigenvalue weighted by molar-refractivity contribution is -0.383. The average Bonchev–Trinajstić information content (AvgIpc) is 2.32. The summed E-state index contributed by atoms with van der Waals surface area (Å²) in [6.45, 7) is 0.527. The summed E-state index contributed by atoms with van der Waals surface area (Å²) in [6, 6.07) is 0. The lowest BCUT2D eigenvalue weighted by Crippen LogP contribution is -2.33. The van der Waals surface area contributed by atoms with Gasteiger partial charge in [-0.05, 0) is 18.8 Å². The second kappa shape index (κ2) is 5.10. The van der Waals surface area contributed by atoms with Crippen LogP contribution in [0, 0.1) is 16.0 Å². The summed E-state index contributed by atoms with van der Waals surface area (Å²) in [6.07, 6.45) is 2.35. The van der Waals surface area contributed by atoms with E-state index < -0.39 is 4.92 Å². The molecular weight excluding hydrogens is 240 g/mol. The monoisotopic (exact) mass is 254 g/mol. The first-order chi connectivity index (χ1) is 8.61. The van der Waals surface area contributed by atoms with Gasteiger partial charge in [-0.15, -0.1) is 0 Å². The first kappa shape index (κ1) is 12.5. The number of anilines is 2. The highest BCUT2D eigenvalue weighted by Gasteiger charge is 2.28. The van der Waals surface area contributed by atoms with Crippen molar-refractivity contribution >= 4 is 17.3 Å². The van der Waals surface area contributed by atoms with Gasteiger partial charge >= 0.3 is 5.69 Å². The lowest BCUT2D eigenvalue weighted by Gasteiger charge is -2.31. The number of aliphatic hydroxyl groups excluding tert-OH is 1. The van der Waals surface area contributed by atoms with Gasteiger partial charge in [-0.2, -0.15) is 0 Å². The maximum absolute atomic E-state index is 10.9. The fourth-order valence-electron chi connectivity index (χ4n) is 1.89. The van der Waals surface area contributed by atoms with Crippen LogP contribution in [0.2, 0.25) is 0 Å². The van der Waals surface area contributed by atoms with Crippen molar-refractivity contribution in [3.8, 4) is 0 Å². The van der Waals surface area contributed by atoms with Gasteiger partial charge in [0.05, 0.1) is 11.0 Å². The number of hydrogen-bond donors (Lipinski definition) is 4. The maximum atomic E-state index is 10.9. The molecule has 0 amide bonds. The van der Waals surface area contributed by atoms with E-state index in [0.29, 0.717) is 25.3 Å². The van der Waals surface area contributed by atoms with Crippen LogP contribution in [0.15, 0.2) is 6.33 Å². The average molecular weight is 254 g/mol. The van der Waals surface area contributed by atoms with E-state index in [4.69, 9.17) is 10.9 Å². The Labute approximate surface area is 103 Å². The molecule has 0 radical (unpaired) electrons. The van der Waals surface area contributed by atoms with Crippen molar-refractivity contribution in [3.05, 3.63) is 16.4 Å². The van der Waals surface area contributed by atoms with Crippen LogP contribution in [0.25, 0.3) is 0 Å². The molecule has 1 heterocycles. The van der Waals surface area contributed by atoms with Gasteiger partial charge in [0, 0.05) is 6.54 Å². The van der Waals surface area contributed by atoms with Crippen molar-refractivity contribution in [1.82, 2.24) is 9.97 Å². The molecule has 1 saturated carbocycles. The Kier molecular flexibility index (Phi) is 3.53. The number of nitro groups is 1. The van der Waals surface area contributed by atoms with Gasteiger partial charge in [-0.1, -0.05) is 0 Å². The second-order valence-electron chi connectivity index (χ2n) is 4.19. The van der Waals surface area contributed by atoms with Crippen molar-refractivity contribution in [2.45, 2.75) is 18.9 Å². The summed E-state index contributed by atoms with van der Waals surface area (Å²) in [7, 11) is 0. The van der Waals surface area contributed by atoms with Gasteiger partial charge in [0.15, 0.2) is 0 Å². The van der Waals surface area contributed by atoms with Crippen molar-refractivity contribution in [2.75, 3.05) is 17.3 Å². The van der Waals surface area contributed by atoms with E-state index in [1.165, 1.54) is 6.33 Å². The highest BCUT2D eigenvalue weighted by molar-refractivity contribution is 5.68. The molecule has 2 rings (SSSR count). The summed E-state index contributed by atoms with van der Waals surface area (Å²) in [4.78, 5) is 17.9. The van der Waals surface area contributed by atoms with E-state index in [-0.39, 0.29) is 23.4 Å². The van der Waals surface area contributed by atoms with Gasteiger partial charge in [0.25, 0.3) is 0 Å². The Morgan fingerprint density at radius 1 is 1.50 bits per heavy atom. The summed E-state index contributed by atoms with van der Waals surface area (Å²) >= 11 is 0. The smallest absolute Gasteiger partial charge is 0.354 e. The largest absolute Gasteiger partial charge is 0.393 e. The van der Waals surface area contributed by atoms with Gasteiger partial charge < -0.3 is 15.8 Å². The van der Waals surface area contributed by atoms with E-state index >= 15 is 0 Å². The van der Waals surface area contributed by atoms with Crippen LogP contribution >= 0.6 is 0 Å². The number of nitrogens with zero attached hydrogens (tertiary/aromatic N) is 3. The molecule has 18 heavy (non-hydrogen) atoms. The number of aliphatic hydroxyl groups is 1. The fraction of sp³-hybridized carbons (Fsp3) is 0.556. The molecule has 1 fully saturated rings. The minimum Gasteiger partial charge on any atom is -0.393 e. The van der Waals surface area contributed by atoms with E-state index in [0.717, 1.165) is 0 Å². The number of nitrogens with one attached hydrogen (secondary N) is 2. The Balaban J connectivity index is 2.09. The Morgan fingerprint density at radius 2 is 2.17 bits per heavy atom. The van der Waals surface area contributed by atoms with Crippen LogP contribution in [0.5, 0.6) is 0 Å². The third kappa shape index (κ3) is 2.46. The second-order valence-corrected chi connectivity index (χ2v) is 4.19. The number of nitrogen functional groups attached to an aromatic ring is 1. The summed E-state index contributed by atoms with van der Waals surface area (Å²) in [5.41, 5.74) is 1.89. The van der Waals surface area contributed by atoms with Crippen LogP contribution < -0.4 is 16.6 Å². The third-order valence-corrected chi connectivity index (χ3v) is 2.91. The first-order valence-corrected chi connectivity index (χ1v) is 5.49. The molecule has 0 unspecified atom stereocenters. The Hall–Kier alpha value is -2.00. The zero-order valence-corrected chi connectivity index (χ0v) is 9.54. The zero-order chi connectivity index (χ0) is 13.1. The topological polar surface area (TPSA) is 139 Å².